The van der Waals surface area contributed by atoms with Crippen molar-refractivity contribution in [1.82, 2.24) is 15.1 Å². The predicted molar refractivity (Wildman–Crippen MR) is 116 cm³/mol. The molecule has 1 aromatic carbocycles. The lowest BCUT2D eigenvalue weighted by Crippen LogP contribution is -2.45. The molecule has 1 aliphatic carbocycles. The molecule has 7 nitrogen and oxygen atoms in total. The fourth-order valence-electron chi connectivity index (χ4n) is 3.79. The number of rotatable bonds is 7. The van der Waals surface area contributed by atoms with E-state index in [-0.39, 0.29) is 23.6 Å². The van der Waals surface area contributed by atoms with Crippen LogP contribution in [-0.2, 0) is 6.54 Å². The second kappa shape index (κ2) is 8.90. The minimum absolute atomic E-state index is 0.0280. The highest BCUT2D eigenvalue weighted by Gasteiger charge is 2.24. The van der Waals surface area contributed by atoms with Crippen molar-refractivity contribution in [2.24, 2.45) is 5.92 Å². The van der Waals surface area contributed by atoms with Gasteiger partial charge in [-0.1, -0.05) is 0 Å². The van der Waals surface area contributed by atoms with E-state index in [4.69, 9.17) is 4.74 Å². The van der Waals surface area contributed by atoms with E-state index in [1.54, 1.807) is 29.1 Å². The number of carbonyl (C=O) groups is 1. The molecule has 2 aliphatic rings. The van der Waals surface area contributed by atoms with Gasteiger partial charge in [0.25, 0.3) is 11.5 Å². The van der Waals surface area contributed by atoms with Crippen molar-refractivity contribution in [1.29, 1.82) is 0 Å². The molecule has 7 heteroatoms. The summed E-state index contributed by atoms with van der Waals surface area (Å²) in [7, 11) is 0. The average Bonchev–Trinajstić information content (AvgIpc) is 3.54. The summed E-state index contributed by atoms with van der Waals surface area (Å²) in [5.41, 5.74) is 1.48. The van der Waals surface area contributed by atoms with Crippen LogP contribution in [0.5, 0.6) is 5.75 Å². The van der Waals surface area contributed by atoms with E-state index in [1.807, 2.05) is 26.0 Å². The van der Waals surface area contributed by atoms with Gasteiger partial charge in [-0.05, 0) is 69.7 Å². The lowest BCUT2D eigenvalue weighted by Gasteiger charge is -2.33. The quantitative estimate of drug-likeness (QED) is 0.760. The number of carbonyl (C=O) groups excluding carboxylic acids is 1. The van der Waals surface area contributed by atoms with Crippen molar-refractivity contribution < 1.29 is 9.53 Å². The second-order valence-electron chi connectivity index (χ2n) is 8.60. The predicted octanol–water partition coefficient (Wildman–Crippen LogP) is 2.84. The van der Waals surface area contributed by atoms with Crippen LogP contribution in [0, 0.1) is 5.92 Å². The number of piperidine rings is 1. The Morgan fingerprint density at radius 2 is 1.87 bits per heavy atom. The molecule has 30 heavy (non-hydrogen) atoms. The Kier molecular flexibility index (Phi) is 6.06. The summed E-state index contributed by atoms with van der Waals surface area (Å²) in [5, 5.41) is 7.48. The summed E-state index contributed by atoms with van der Waals surface area (Å²) in [6, 6.07) is 9.07. The number of nitrogens with zero attached hydrogens (tertiary/aromatic N) is 3. The third-order valence-corrected chi connectivity index (χ3v) is 5.67. The highest BCUT2D eigenvalue weighted by atomic mass is 16.5. The molecular formula is C23H30N4O3. The molecule has 0 radical (unpaired) electrons. The third-order valence-electron chi connectivity index (χ3n) is 5.67. The zero-order valence-corrected chi connectivity index (χ0v) is 17.7. The maximum atomic E-state index is 12.6. The van der Waals surface area contributed by atoms with Gasteiger partial charge in [-0.15, -0.1) is 0 Å². The molecule has 1 aromatic heterocycles. The minimum Gasteiger partial charge on any atom is -0.491 e. The molecule has 0 spiro atoms. The molecule has 1 N–H and O–H groups in total. The number of anilines is 1. The van der Waals surface area contributed by atoms with Gasteiger partial charge in [-0.25, -0.2) is 4.68 Å². The van der Waals surface area contributed by atoms with Gasteiger partial charge in [0.15, 0.2) is 0 Å². The van der Waals surface area contributed by atoms with Gasteiger partial charge in [0, 0.05) is 37.3 Å². The van der Waals surface area contributed by atoms with Crippen molar-refractivity contribution in [3.8, 4) is 5.75 Å². The Morgan fingerprint density at radius 3 is 2.47 bits per heavy atom. The van der Waals surface area contributed by atoms with Gasteiger partial charge in [0.1, 0.15) is 5.75 Å². The summed E-state index contributed by atoms with van der Waals surface area (Å²) in [6.07, 6.45) is 5.98. The molecule has 2 aromatic rings. The first kappa shape index (κ1) is 20.4. The molecular weight excluding hydrogens is 380 g/mol. The van der Waals surface area contributed by atoms with Crippen molar-refractivity contribution >= 4 is 11.6 Å². The molecule has 2 fully saturated rings. The Morgan fingerprint density at radius 1 is 1.17 bits per heavy atom. The summed E-state index contributed by atoms with van der Waals surface area (Å²) in [6.45, 7) is 6.27. The topological polar surface area (TPSA) is 76.5 Å². The van der Waals surface area contributed by atoms with Crippen LogP contribution in [-0.4, -0.2) is 40.9 Å². The average molecular weight is 411 g/mol. The normalized spacial score (nSPS) is 17.2. The van der Waals surface area contributed by atoms with E-state index in [2.05, 4.69) is 15.3 Å². The first-order valence-electron chi connectivity index (χ1n) is 10.9. The van der Waals surface area contributed by atoms with Gasteiger partial charge >= 0.3 is 0 Å². The van der Waals surface area contributed by atoms with Gasteiger partial charge < -0.3 is 15.0 Å². The van der Waals surface area contributed by atoms with E-state index in [9.17, 15) is 9.59 Å². The van der Waals surface area contributed by atoms with Gasteiger partial charge in [0.05, 0.1) is 18.0 Å². The lowest BCUT2D eigenvalue weighted by molar-refractivity contribution is 0.0931. The van der Waals surface area contributed by atoms with Crippen LogP contribution in [0.25, 0.3) is 0 Å². The van der Waals surface area contributed by atoms with Crippen molar-refractivity contribution in [2.75, 3.05) is 18.0 Å². The van der Waals surface area contributed by atoms with Crippen LogP contribution in [0.15, 0.2) is 41.3 Å². The molecule has 0 unspecified atom stereocenters. The van der Waals surface area contributed by atoms with Crippen LogP contribution < -0.4 is 20.5 Å². The SMILES string of the molecule is CC(C)Oc1ccc(C(=O)NC2CCN(c3cnn(CC4CC4)c(=O)c3)CC2)cc1. The third kappa shape index (κ3) is 5.20. The highest BCUT2D eigenvalue weighted by molar-refractivity contribution is 5.94. The number of benzene rings is 1. The fraction of sp³-hybridized carbons (Fsp3) is 0.522. The van der Waals surface area contributed by atoms with E-state index in [0.29, 0.717) is 11.5 Å². The van der Waals surface area contributed by atoms with Crippen molar-refractivity contribution in [3.05, 3.63) is 52.4 Å². The largest absolute Gasteiger partial charge is 0.491 e. The van der Waals surface area contributed by atoms with Gasteiger partial charge in [-0.2, -0.15) is 5.10 Å². The maximum absolute atomic E-state index is 12.6. The first-order valence-corrected chi connectivity index (χ1v) is 10.9. The minimum atomic E-state index is -0.0612. The fourth-order valence-corrected chi connectivity index (χ4v) is 3.79. The number of ether oxygens (including phenoxy) is 1. The summed E-state index contributed by atoms with van der Waals surface area (Å²) >= 11 is 0. The summed E-state index contributed by atoms with van der Waals surface area (Å²) in [4.78, 5) is 27.0. The number of hydrogen-bond donors (Lipinski definition) is 1. The molecule has 0 atom stereocenters. The number of hydrogen-bond acceptors (Lipinski definition) is 5. The van der Waals surface area contributed by atoms with E-state index in [0.717, 1.165) is 43.9 Å². The maximum Gasteiger partial charge on any atom is 0.268 e. The Labute approximate surface area is 177 Å². The first-order chi connectivity index (χ1) is 14.5. The number of nitrogens with one attached hydrogen (secondary N) is 1. The highest BCUT2D eigenvalue weighted by Crippen LogP contribution is 2.29. The second-order valence-corrected chi connectivity index (χ2v) is 8.60. The standard InChI is InChI=1S/C23H30N4O3/c1-16(2)30-21-7-5-18(6-8-21)23(29)25-19-9-11-26(12-10-19)20-13-22(28)27(24-14-20)15-17-3-4-17/h5-8,13-14,16-17,19H,3-4,9-12,15H2,1-2H3,(H,25,29). The van der Waals surface area contributed by atoms with Crippen LogP contribution in [0.2, 0.25) is 0 Å². The lowest BCUT2D eigenvalue weighted by atomic mass is 10.0. The van der Waals surface area contributed by atoms with Crippen molar-refractivity contribution in [3.63, 3.8) is 0 Å². The van der Waals surface area contributed by atoms with Crippen molar-refractivity contribution in [2.45, 2.75) is 58.2 Å². The molecule has 160 valence electrons. The molecule has 1 saturated heterocycles. The molecule has 1 amide bonds. The van der Waals surface area contributed by atoms with E-state index >= 15 is 0 Å². The van der Waals surface area contributed by atoms with Crippen LogP contribution in [0.4, 0.5) is 5.69 Å². The van der Waals surface area contributed by atoms with Crippen LogP contribution >= 0.6 is 0 Å². The number of aromatic nitrogens is 2. The Balaban J connectivity index is 1.28. The van der Waals surface area contributed by atoms with Gasteiger partial charge in [0.2, 0.25) is 0 Å². The molecule has 1 aliphatic heterocycles. The zero-order chi connectivity index (χ0) is 21.1. The molecule has 0 bridgehead atoms. The van der Waals surface area contributed by atoms with Crippen LogP contribution in [0.1, 0.15) is 49.9 Å². The van der Waals surface area contributed by atoms with E-state index < -0.39 is 0 Å². The molecule has 2 heterocycles. The van der Waals surface area contributed by atoms with Crippen LogP contribution in [0.3, 0.4) is 0 Å². The Hall–Kier alpha value is -2.83. The number of amides is 1. The Bertz CT molecular complexity index is 926. The van der Waals surface area contributed by atoms with Gasteiger partial charge in [-0.3, -0.25) is 9.59 Å². The monoisotopic (exact) mass is 410 g/mol. The zero-order valence-electron chi connectivity index (χ0n) is 17.7. The molecule has 4 rings (SSSR count). The smallest absolute Gasteiger partial charge is 0.268 e. The summed E-state index contributed by atoms with van der Waals surface area (Å²) < 4.78 is 7.20. The molecule has 1 saturated carbocycles. The summed E-state index contributed by atoms with van der Waals surface area (Å²) in [5.74, 6) is 1.33. The van der Waals surface area contributed by atoms with E-state index in [1.165, 1.54) is 12.8 Å².